The van der Waals surface area contributed by atoms with Gasteiger partial charge in [-0.2, -0.15) is 0 Å². The van der Waals surface area contributed by atoms with Crippen molar-refractivity contribution in [1.82, 2.24) is 0 Å². The highest BCUT2D eigenvalue weighted by molar-refractivity contribution is 6.02. The molecule has 0 aliphatic carbocycles. The summed E-state index contributed by atoms with van der Waals surface area (Å²) in [5.41, 5.74) is 0.827. The molecule has 1 rings (SSSR count). The molecule has 2 N–H and O–H groups in total. The number of carbonyl (C=O) groups excluding carboxylic acids is 1. The second-order valence-corrected chi connectivity index (χ2v) is 3.42. The summed E-state index contributed by atoms with van der Waals surface area (Å²) < 4.78 is 0. The van der Waals surface area contributed by atoms with Gasteiger partial charge in [0.15, 0.2) is 0 Å². The summed E-state index contributed by atoms with van der Waals surface area (Å²) in [5.74, 6) is -1.85. The van der Waals surface area contributed by atoms with Crippen LogP contribution in [0.1, 0.15) is 5.56 Å². The zero-order valence-corrected chi connectivity index (χ0v) is 9.41. The second-order valence-electron chi connectivity index (χ2n) is 3.42. The fourth-order valence-corrected chi connectivity index (χ4v) is 1.22. The Labute approximate surface area is 102 Å². The van der Waals surface area contributed by atoms with Crippen LogP contribution in [-0.4, -0.2) is 21.9 Å². The average molecular weight is 250 g/mol. The monoisotopic (exact) mass is 250 g/mol. The summed E-state index contributed by atoms with van der Waals surface area (Å²) >= 11 is 0. The minimum Gasteiger partial charge on any atom is -0.478 e. The van der Waals surface area contributed by atoms with Crippen LogP contribution in [0, 0.1) is 17.0 Å². The lowest BCUT2D eigenvalue weighted by molar-refractivity contribution is -0.384. The summed E-state index contributed by atoms with van der Waals surface area (Å²) in [6.45, 7) is 1.60. The number of non-ortho nitro benzene ring substituents is 1. The maximum absolute atomic E-state index is 11.3. The van der Waals surface area contributed by atoms with Gasteiger partial charge in [-0.05, 0) is 18.6 Å². The van der Waals surface area contributed by atoms with Crippen LogP contribution in [-0.2, 0) is 9.59 Å². The number of nitrogens with one attached hydrogen (secondary N) is 1. The summed E-state index contributed by atoms with van der Waals surface area (Å²) in [4.78, 5) is 31.5. The van der Waals surface area contributed by atoms with Crippen LogP contribution in [0.15, 0.2) is 30.4 Å². The van der Waals surface area contributed by atoms with E-state index < -0.39 is 16.8 Å². The highest BCUT2D eigenvalue weighted by Crippen LogP contribution is 2.20. The van der Waals surface area contributed by atoms with E-state index in [0.717, 1.165) is 6.08 Å². The maximum Gasteiger partial charge on any atom is 0.328 e. The Balaban J connectivity index is 2.83. The molecule has 7 heteroatoms. The molecule has 0 spiro atoms. The van der Waals surface area contributed by atoms with Gasteiger partial charge in [0.2, 0.25) is 5.91 Å². The van der Waals surface area contributed by atoms with Crippen LogP contribution in [0.4, 0.5) is 11.4 Å². The number of nitrogens with zero attached hydrogens (tertiary/aromatic N) is 1. The van der Waals surface area contributed by atoms with Crippen molar-refractivity contribution in [2.45, 2.75) is 6.92 Å². The van der Waals surface area contributed by atoms with Gasteiger partial charge in [0.05, 0.1) is 4.92 Å². The third kappa shape index (κ3) is 3.71. The number of carboxylic acid groups (broad SMARTS) is 1. The minimum atomic E-state index is -1.23. The van der Waals surface area contributed by atoms with Crippen LogP contribution < -0.4 is 5.32 Å². The van der Waals surface area contributed by atoms with E-state index in [9.17, 15) is 19.7 Å². The summed E-state index contributed by atoms with van der Waals surface area (Å²) in [7, 11) is 0. The smallest absolute Gasteiger partial charge is 0.328 e. The lowest BCUT2D eigenvalue weighted by Gasteiger charge is -2.05. The molecule has 0 saturated carbocycles. The Bertz CT molecular complexity index is 536. The summed E-state index contributed by atoms with van der Waals surface area (Å²) in [6, 6.07) is 3.96. The lowest BCUT2D eigenvalue weighted by atomic mass is 10.2. The number of carboxylic acids is 1. The van der Waals surface area contributed by atoms with Gasteiger partial charge in [0.1, 0.15) is 0 Å². The Morgan fingerprint density at radius 3 is 2.56 bits per heavy atom. The Kier molecular flexibility index (Phi) is 4.14. The summed E-state index contributed by atoms with van der Waals surface area (Å²) in [5, 5.41) is 21.3. The fraction of sp³-hybridized carbons (Fsp3) is 0.0909. The molecule has 0 atom stereocenters. The predicted octanol–water partition coefficient (Wildman–Crippen LogP) is 1.48. The van der Waals surface area contributed by atoms with Gasteiger partial charge in [0, 0.05) is 30.0 Å². The van der Waals surface area contributed by atoms with E-state index in [-0.39, 0.29) is 5.69 Å². The number of anilines is 1. The third-order valence-electron chi connectivity index (χ3n) is 2.06. The molecule has 0 fully saturated rings. The van der Waals surface area contributed by atoms with E-state index in [4.69, 9.17) is 5.11 Å². The molecule has 0 radical (unpaired) electrons. The molecule has 1 aromatic carbocycles. The molecule has 0 saturated heterocycles. The van der Waals surface area contributed by atoms with Gasteiger partial charge < -0.3 is 10.4 Å². The number of aryl methyl sites for hydroxylation is 1. The van der Waals surface area contributed by atoms with Crippen LogP contribution in [0.2, 0.25) is 0 Å². The quantitative estimate of drug-likeness (QED) is 0.477. The minimum absolute atomic E-state index is 0.0772. The number of carbonyl (C=O) groups is 2. The standard InChI is InChI=1S/C11H10N2O5/c1-7-6-8(13(17)18)2-3-9(7)12-10(14)4-5-11(15)16/h2-6H,1H3,(H,12,14)(H,15,16). The molecule has 7 nitrogen and oxygen atoms in total. The van der Waals surface area contributed by atoms with E-state index in [1.807, 2.05) is 0 Å². The topological polar surface area (TPSA) is 110 Å². The number of nitro benzene ring substituents is 1. The molecule has 0 aromatic heterocycles. The van der Waals surface area contributed by atoms with Crippen molar-refractivity contribution in [2.24, 2.45) is 0 Å². The number of hydrogen-bond donors (Lipinski definition) is 2. The van der Waals surface area contributed by atoms with Gasteiger partial charge in [0.25, 0.3) is 5.69 Å². The molecule has 18 heavy (non-hydrogen) atoms. The van der Waals surface area contributed by atoms with Gasteiger partial charge in [-0.1, -0.05) is 0 Å². The first-order chi connectivity index (χ1) is 8.40. The molecular formula is C11H10N2O5. The van der Waals surface area contributed by atoms with Gasteiger partial charge >= 0.3 is 5.97 Å². The largest absolute Gasteiger partial charge is 0.478 e. The molecule has 0 bridgehead atoms. The number of hydrogen-bond acceptors (Lipinski definition) is 4. The number of amides is 1. The first kappa shape index (κ1) is 13.4. The fourth-order valence-electron chi connectivity index (χ4n) is 1.22. The van der Waals surface area contributed by atoms with Crippen LogP contribution in [0.25, 0.3) is 0 Å². The second kappa shape index (κ2) is 5.58. The van der Waals surface area contributed by atoms with Crippen LogP contribution >= 0.6 is 0 Å². The number of rotatable bonds is 4. The normalized spacial score (nSPS) is 10.3. The molecular weight excluding hydrogens is 240 g/mol. The Morgan fingerprint density at radius 1 is 1.39 bits per heavy atom. The first-order valence-corrected chi connectivity index (χ1v) is 4.87. The SMILES string of the molecule is Cc1cc([N+](=O)[O-])ccc1NC(=O)C=CC(=O)O. The number of nitro groups is 1. The Morgan fingerprint density at radius 2 is 2.06 bits per heavy atom. The maximum atomic E-state index is 11.3. The average Bonchev–Trinajstić information content (AvgIpc) is 2.29. The van der Waals surface area contributed by atoms with Crippen molar-refractivity contribution in [3.63, 3.8) is 0 Å². The van der Waals surface area contributed by atoms with Crippen LogP contribution in [0.3, 0.4) is 0 Å². The van der Waals surface area contributed by atoms with Gasteiger partial charge in [-0.15, -0.1) is 0 Å². The summed E-state index contributed by atoms with van der Waals surface area (Å²) in [6.07, 6.45) is 1.57. The zero-order chi connectivity index (χ0) is 13.7. The van der Waals surface area contributed by atoms with E-state index in [2.05, 4.69) is 5.32 Å². The van der Waals surface area contributed by atoms with E-state index in [1.165, 1.54) is 18.2 Å². The molecule has 0 aliphatic heterocycles. The van der Waals surface area contributed by atoms with Crippen molar-refractivity contribution in [3.8, 4) is 0 Å². The highest BCUT2D eigenvalue weighted by Gasteiger charge is 2.09. The van der Waals surface area contributed by atoms with Crippen LogP contribution in [0.5, 0.6) is 0 Å². The molecule has 1 aromatic rings. The van der Waals surface area contributed by atoms with Gasteiger partial charge in [-0.3, -0.25) is 14.9 Å². The molecule has 0 unspecified atom stereocenters. The van der Waals surface area contributed by atoms with Crippen molar-refractivity contribution in [1.29, 1.82) is 0 Å². The molecule has 1 amide bonds. The molecule has 0 aliphatic rings. The molecule has 0 heterocycles. The van der Waals surface area contributed by atoms with E-state index >= 15 is 0 Å². The number of benzene rings is 1. The Hall–Kier alpha value is -2.70. The van der Waals surface area contributed by atoms with Crippen molar-refractivity contribution >= 4 is 23.3 Å². The van der Waals surface area contributed by atoms with Crippen molar-refractivity contribution < 1.29 is 19.6 Å². The van der Waals surface area contributed by atoms with Crippen molar-refractivity contribution in [2.75, 3.05) is 5.32 Å². The predicted molar refractivity (Wildman–Crippen MR) is 63.2 cm³/mol. The number of aliphatic carboxylic acids is 1. The molecule has 94 valence electrons. The van der Waals surface area contributed by atoms with Crippen molar-refractivity contribution in [3.05, 3.63) is 46.0 Å². The van der Waals surface area contributed by atoms with E-state index in [1.54, 1.807) is 6.92 Å². The zero-order valence-electron chi connectivity index (χ0n) is 9.41. The third-order valence-corrected chi connectivity index (χ3v) is 2.06. The first-order valence-electron chi connectivity index (χ1n) is 4.87. The van der Waals surface area contributed by atoms with E-state index in [0.29, 0.717) is 17.3 Å². The van der Waals surface area contributed by atoms with Gasteiger partial charge in [-0.25, -0.2) is 4.79 Å². The lowest BCUT2D eigenvalue weighted by Crippen LogP contribution is -2.09. The highest BCUT2D eigenvalue weighted by atomic mass is 16.6.